The first kappa shape index (κ1) is 20.4. The number of piperazine rings is 1. The van der Waals surface area contributed by atoms with Gasteiger partial charge in [-0.25, -0.2) is 4.39 Å². The fraction of sp³-hybridized carbons (Fsp3) is 0.208. The molecule has 154 valence electrons. The van der Waals surface area contributed by atoms with Crippen LogP contribution in [-0.2, 0) is 4.79 Å². The SMILES string of the molecule is O=C(Nc1ccc(F)cc1)[C@@H](c1ccccc1)N1CCN(c2ccccc2Cl)CC1. The average Bonchev–Trinajstić information content (AvgIpc) is 2.77. The van der Waals surface area contributed by atoms with Gasteiger partial charge in [-0.15, -0.1) is 0 Å². The Morgan fingerprint density at radius 2 is 1.50 bits per heavy atom. The highest BCUT2D eigenvalue weighted by atomic mass is 35.5. The molecule has 1 atom stereocenters. The number of hydrogen-bond donors (Lipinski definition) is 1. The van der Waals surface area contributed by atoms with E-state index in [1.54, 1.807) is 12.1 Å². The van der Waals surface area contributed by atoms with Crippen LogP contribution >= 0.6 is 11.6 Å². The molecule has 0 spiro atoms. The molecule has 0 aliphatic carbocycles. The van der Waals surface area contributed by atoms with Gasteiger partial charge in [0.15, 0.2) is 0 Å². The molecule has 1 saturated heterocycles. The molecule has 3 aromatic carbocycles. The van der Waals surface area contributed by atoms with Gasteiger partial charge in [0.2, 0.25) is 5.91 Å². The predicted molar refractivity (Wildman–Crippen MR) is 119 cm³/mol. The van der Waals surface area contributed by atoms with Gasteiger partial charge in [-0.2, -0.15) is 0 Å². The van der Waals surface area contributed by atoms with Gasteiger partial charge in [0.1, 0.15) is 11.9 Å². The van der Waals surface area contributed by atoms with E-state index in [-0.39, 0.29) is 11.7 Å². The van der Waals surface area contributed by atoms with Crippen LogP contribution in [0.15, 0.2) is 78.9 Å². The first-order valence-corrected chi connectivity index (χ1v) is 10.3. The van der Waals surface area contributed by atoms with Crippen LogP contribution in [0.2, 0.25) is 5.02 Å². The second-order valence-corrected chi connectivity index (χ2v) is 7.69. The number of nitrogens with one attached hydrogen (secondary N) is 1. The van der Waals surface area contributed by atoms with Crippen molar-refractivity contribution < 1.29 is 9.18 Å². The summed E-state index contributed by atoms with van der Waals surface area (Å²) >= 11 is 6.36. The van der Waals surface area contributed by atoms with Crippen molar-refractivity contribution in [2.75, 3.05) is 36.4 Å². The van der Waals surface area contributed by atoms with E-state index in [1.165, 1.54) is 12.1 Å². The minimum atomic E-state index is -0.426. The van der Waals surface area contributed by atoms with Crippen molar-refractivity contribution in [3.63, 3.8) is 0 Å². The van der Waals surface area contributed by atoms with Gasteiger partial charge in [-0.05, 0) is 42.0 Å². The quantitative estimate of drug-likeness (QED) is 0.628. The van der Waals surface area contributed by atoms with Gasteiger partial charge < -0.3 is 10.2 Å². The van der Waals surface area contributed by atoms with Crippen LogP contribution in [0.3, 0.4) is 0 Å². The smallest absolute Gasteiger partial charge is 0.246 e. The highest BCUT2D eigenvalue weighted by Gasteiger charge is 2.31. The molecule has 1 N–H and O–H groups in total. The van der Waals surface area contributed by atoms with E-state index in [2.05, 4.69) is 15.1 Å². The summed E-state index contributed by atoms with van der Waals surface area (Å²) in [5.41, 5.74) is 2.53. The van der Waals surface area contributed by atoms with Crippen LogP contribution in [0.5, 0.6) is 0 Å². The van der Waals surface area contributed by atoms with Crippen LogP contribution in [0.4, 0.5) is 15.8 Å². The van der Waals surface area contributed by atoms with E-state index in [4.69, 9.17) is 11.6 Å². The van der Waals surface area contributed by atoms with E-state index in [0.717, 1.165) is 42.5 Å². The summed E-state index contributed by atoms with van der Waals surface area (Å²) < 4.78 is 13.2. The molecule has 30 heavy (non-hydrogen) atoms. The number of amides is 1. The molecule has 0 unspecified atom stereocenters. The maximum absolute atomic E-state index is 13.2. The molecule has 3 aromatic rings. The van der Waals surface area contributed by atoms with Gasteiger partial charge in [0, 0.05) is 31.9 Å². The van der Waals surface area contributed by atoms with Gasteiger partial charge in [-0.3, -0.25) is 9.69 Å². The second-order valence-electron chi connectivity index (χ2n) is 7.28. The minimum absolute atomic E-state index is 0.126. The lowest BCUT2D eigenvalue weighted by Gasteiger charge is -2.40. The molecular formula is C24H23ClFN3O. The first-order chi connectivity index (χ1) is 14.6. The zero-order valence-electron chi connectivity index (χ0n) is 16.5. The Kier molecular flexibility index (Phi) is 6.31. The number of para-hydroxylation sites is 1. The van der Waals surface area contributed by atoms with Crippen LogP contribution in [0, 0.1) is 5.82 Å². The summed E-state index contributed by atoms with van der Waals surface area (Å²) in [5, 5.41) is 3.67. The Labute approximate surface area is 180 Å². The van der Waals surface area contributed by atoms with E-state index in [0.29, 0.717) is 5.69 Å². The van der Waals surface area contributed by atoms with E-state index in [1.807, 2.05) is 54.6 Å². The number of nitrogens with zero attached hydrogens (tertiary/aromatic N) is 2. The molecule has 0 aromatic heterocycles. The number of halogens is 2. The number of benzene rings is 3. The highest BCUT2D eigenvalue weighted by Crippen LogP contribution is 2.29. The van der Waals surface area contributed by atoms with Crippen LogP contribution in [0.25, 0.3) is 0 Å². The number of anilines is 2. The van der Waals surface area contributed by atoms with Crippen molar-refractivity contribution in [3.05, 3.63) is 95.3 Å². The minimum Gasteiger partial charge on any atom is -0.368 e. The van der Waals surface area contributed by atoms with Gasteiger partial charge in [0.05, 0.1) is 10.7 Å². The van der Waals surface area contributed by atoms with Gasteiger partial charge >= 0.3 is 0 Å². The number of carbonyl (C=O) groups excluding carboxylic acids is 1. The molecule has 1 heterocycles. The molecule has 4 rings (SSSR count). The van der Waals surface area contributed by atoms with Crippen molar-refractivity contribution in [2.45, 2.75) is 6.04 Å². The molecule has 1 fully saturated rings. The van der Waals surface area contributed by atoms with Crippen LogP contribution < -0.4 is 10.2 Å². The number of hydrogen-bond acceptors (Lipinski definition) is 3. The third kappa shape index (κ3) is 4.64. The lowest BCUT2D eigenvalue weighted by Crippen LogP contribution is -2.50. The maximum Gasteiger partial charge on any atom is 0.246 e. The maximum atomic E-state index is 13.2. The number of rotatable bonds is 5. The summed E-state index contributed by atoms with van der Waals surface area (Å²) in [5.74, 6) is -0.456. The third-order valence-corrected chi connectivity index (χ3v) is 5.67. The van der Waals surface area contributed by atoms with E-state index >= 15 is 0 Å². The fourth-order valence-corrected chi connectivity index (χ4v) is 4.09. The molecule has 0 radical (unpaired) electrons. The lowest BCUT2D eigenvalue weighted by atomic mass is 10.0. The molecule has 1 aliphatic rings. The first-order valence-electron chi connectivity index (χ1n) is 9.97. The monoisotopic (exact) mass is 423 g/mol. The summed E-state index contributed by atoms with van der Waals surface area (Å²) in [6.07, 6.45) is 0. The highest BCUT2D eigenvalue weighted by molar-refractivity contribution is 6.33. The van der Waals surface area contributed by atoms with E-state index in [9.17, 15) is 9.18 Å². The lowest BCUT2D eigenvalue weighted by molar-refractivity contribution is -0.121. The Morgan fingerprint density at radius 1 is 0.867 bits per heavy atom. The van der Waals surface area contributed by atoms with Crippen molar-refractivity contribution >= 4 is 28.9 Å². The summed E-state index contributed by atoms with van der Waals surface area (Å²) in [6, 6.07) is 23.0. The Morgan fingerprint density at radius 3 is 2.17 bits per heavy atom. The standard InChI is InChI=1S/C24H23ClFN3O/c25-21-8-4-5-9-22(21)28-14-16-29(17-15-28)23(18-6-2-1-3-7-18)24(30)27-20-12-10-19(26)11-13-20/h1-13,23H,14-17H2,(H,27,30)/t23-/m1/s1. The Balaban J connectivity index is 1.51. The zero-order chi connectivity index (χ0) is 20.9. The summed E-state index contributed by atoms with van der Waals surface area (Å²) in [6.45, 7) is 3.00. The van der Waals surface area contributed by atoms with Crippen molar-refractivity contribution in [3.8, 4) is 0 Å². The van der Waals surface area contributed by atoms with Gasteiger partial charge in [0.25, 0.3) is 0 Å². The molecular weight excluding hydrogens is 401 g/mol. The summed E-state index contributed by atoms with van der Waals surface area (Å²) in [4.78, 5) is 17.7. The van der Waals surface area contributed by atoms with Crippen molar-refractivity contribution in [1.29, 1.82) is 0 Å². The average molecular weight is 424 g/mol. The Bertz CT molecular complexity index is 989. The third-order valence-electron chi connectivity index (χ3n) is 5.35. The van der Waals surface area contributed by atoms with Crippen molar-refractivity contribution in [2.24, 2.45) is 0 Å². The van der Waals surface area contributed by atoms with Gasteiger partial charge in [-0.1, -0.05) is 54.1 Å². The largest absolute Gasteiger partial charge is 0.368 e. The molecule has 0 saturated carbocycles. The molecule has 6 heteroatoms. The zero-order valence-corrected chi connectivity index (χ0v) is 17.2. The predicted octanol–water partition coefficient (Wildman–Crippen LogP) is 4.98. The molecule has 1 aliphatic heterocycles. The van der Waals surface area contributed by atoms with Crippen LogP contribution in [0.1, 0.15) is 11.6 Å². The molecule has 4 nitrogen and oxygen atoms in total. The van der Waals surface area contributed by atoms with Crippen LogP contribution in [-0.4, -0.2) is 37.0 Å². The fourth-order valence-electron chi connectivity index (χ4n) is 3.84. The van der Waals surface area contributed by atoms with Crippen molar-refractivity contribution in [1.82, 2.24) is 4.90 Å². The summed E-state index contributed by atoms with van der Waals surface area (Å²) in [7, 11) is 0. The number of carbonyl (C=O) groups is 1. The second kappa shape index (κ2) is 9.28. The molecule has 1 amide bonds. The topological polar surface area (TPSA) is 35.6 Å². The van der Waals surface area contributed by atoms with E-state index < -0.39 is 6.04 Å². The normalized spacial score (nSPS) is 15.6. The molecule has 0 bridgehead atoms. The Hall–Kier alpha value is -2.89.